The Hall–Kier alpha value is -2.86. The van der Waals surface area contributed by atoms with Gasteiger partial charge in [0.25, 0.3) is 5.91 Å². The number of nitrogens with one attached hydrogen (secondary N) is 2. The lowest BCUT2D eigenvalue weighted by molar-refractivity contribution is -0.125. The topological polar surface area (TPSA) is 67.4 Å². The van der Waals surface area contributed by atoms with Gasteiger partial charge >= 0.3 is 0 Å². The zero-order valence-corrected chi connectivity index (χ0v) is 16.4. The number of rotatable bonds is 6. The SMILES string of the molecule is Cc1cc(Br)ccc1NC(=O)CNC(=O)COc1cccc2ccccc12. The lowest BCUT2D eigenvalue weighted by Crippen LogP contribution is -2.35. The third-order valence-corrected chi connectivity index (χ3v) is 4.51. The maximum atomic E-state index is 12.0. The Morgan fingerprint density at radius 2 is 1.78 bits per heavy atom. The second kappa shape index (κ2) is 8.68. The van der Waals surface area contributed by atoms with Gasteiger partial charge in [0, 0.05) is 15.5 Å². The van der Waals surface area contributed by atoms with Crippen molar-refractivity contribution in [3.05, 3.63) is 70.7 Å². The van der Waals surface area contributed by atoms with Crippen LogP contribution in [-0.4, -0.2) is 25.0 Å². The molecule has 0 aliphatic rings. The number of carbonyl (C=O) groups excluding carboxylic acids is 2. The molecule has 0 saturated carbocycles. The molecule has 3 aromatic rings. The number of carbonyl (C=O) groups is 2. The van der Waals surface area contributed by atoms with E-state index in [1.165, 1.54) is 0 Å². The number of benzene rings is 3. The number of aryl methyl sites for hydroxylation is 1. The summed E-state index contributed by atoms with van der Waals surface area (Å²) < 4.78 is 6.56. The van der Waals surface area contributed by atoms with E-state index < -0.39 is 0 Å². The van der Waals surface area contributed by atoms with Gasteiger partial charge in [0.1, 0.15) is 5.75 Å². The highest BCUT2D eigenvalue weighted by Gasteiger charge is 2.09. The zero-order valence-electron chi connectivity index (χ0n) is 14.8. The Balaban J connectivity index is 1.50. The Kier molecular flexibility index (Phi) is 6.08. The average Bonchev–Trinajstić information content (AvgIpc) is 2.67. The van der Waals surface area contributed by atoms with Crippen LogP contribution in [0.2, 0.25) is 0 Å². The van der Waals surface area contributed by atoms with Gasteiger partial charge in [-0.15, -0.1) is 0 Å². The first-order chi connectivity index (χ1) is 13.0. The van der Waals surface area contributed by atoms with E-state index in [1.807, 2.05) is 67.6 Å². The summed E-state index contributed by atoms with van der Waals surface area (Å²) in [7, 11) is 0. The van der Waals surface area contributed by atoms with E-state index >= 15 is 0 Å². The van der Waals surface area contributed by atoms with Crippen LogP contribution in [0.1, 0.15) is 5.56 Å². The van der Waals surface area contributed by atoms with Crippen molar-refractivity contribution in [1.82, 2.24) is 5.32 Å². The van der Waals surface area contributed by atoms with Crippen molar-refractivity contribution < 1.29 is 14.3 Å². The molecule has 0 spiro atoms. The highest BCUT2D eigenvalue weighted by atomic mass is 79.9. The standard InChI is InChI=1S/C21H19BrN2O3/c1-14-11-16(22)9-10-18(14)24-20(25)12-23-21(26)13-27-19-8-4-6-15-5-2-3-7-17(15)19/h2-11H,12-13H2,1H3,(H,23,26)(H,24,25). The highest BCUT2D eigenvalue weighted by molar-refractivity contribution is 9.10. The molecule has 0 saturated heterocycles. The second-order valence-corrected chi connectivity index (χ2v) is 6.97. The Labute approximate surface area is 165 Å². The van der Waals surface area contributed by atoms with Crippen LogP contribution in [0.4, 0.5) is 5.69 Å². The van der Waals surface area contributed by atoms with Gasteiger partial charge in [-0.2, -0.15) is 0 Å². The molecule has 0 unspecified atom stereocenters. The third-order valence-electron chi connectivity index (χ3n) is 4.02. The van der Waals surface area contributed by atoms with E-state index in [0.29, 0.717) is 11.4 Å². The van der Waals surface area contributed by atoms with E-state index in [9.17, 15) is 9.59 Å². The van der Waals surface area contributed by atoms with Gasteiger partial charge in [0.15, 0.2) is 6.61 Å². The smallest absolute Gasteiger partial charge is 0.258 e. The molecule has 0 bridgehead atoms. The Bertz CT molecular complexity index is 983. The predicted octanol–water partition coefficient (Wildman–Crippen LogP) is 4.04. The molecule has 5 nitrogen and oxygen atoms in total. The lowest BCUT2D eigenvalue weighted by Gasteiger charge is -2.11. The van der Waals surface area contributed by atoms with Gasteiger partial charge < -0.3 is 15.4 Å². The van der Waals surface area contributed by atoms with Crippen LogP contribution in [0.15, 0.2) is 65.1 Å². The molecule has 27 heavy (non-hydrogen) atoms. The van der Waals surface area contributed by atoms with Crippen LogP contribution >= 0.6 is 15.9 Å². The Morgan fingerprint density at radius 1 is 1.00 bits per heavy atom. The summed E-state index contributed by atoms with van der Waals surface area (Å²) in [5.74, 6) is -0.0114. The van der Waals surface area contributed by atoms with Gasteiger partial charge in [0.2, 0.25) is 5.91 Å². The summed E-state index contributed by atoms with van der Waals surface area (Å²) in [4.78, 5) is 24.0. The van der Waals surface area contributed by atoms with Crippen molar-refractivity contribution in [3.63, 3.8) is 0 Å². The zero-order chi connectivity index (χ0) is 19.2. The summed E-state index contributed by atoms with van der Waals surface area (Å²) in [6, 6.07) is 19.0. The highest BCUT2D eigenvalue weighted by Crippen LogP contribution is 2.25. The van der Waals surface area contributed by atoms with Crippen LogP contribution in [0.25, 0.3) is 10.8 Å². The maximum Gasteiger partial charge on any atom is 0.258 e. The van der Waals surface area contributed by atoms with Crippen LogP contribution in [0, 0.1) is 6.92 Å². The number of fused-ring (bicyclic) bond motifs is 1. The van der Waals surface area contributed by atoms with Crippen LogP contribution in [-0.2, 0) is 9.59 Å². The van der Waals surface area contributed by atoms with Crippen molar-refractivity contribution in [3.8, 4) is 5.75 Å². The number of hydrogen-bond donors (Lipinski definition) is 2. The summed E-state index contributed by atoms with van der Waals surface area (Å²) >= 11 is 3.38. The minimum atomic E-state index is -0.356. The third kappa shape index (κ3) is 5.08. The molecule has 0 atom stereocenters. The first kappa shape index (κ1) is 18.9. The molecule has 6 heteroatoms. The van der Waals surface area contributed by atoms with Gasteiger partial charge in [-0.25, -0.2) is 0 Å². The van der Waals surface area contributed by atoms with Gasteiger partial charge in [-0.05, 0) is 42.1 Å². The molecule has 3 aromatic carbocycles. The average molecular weight is 427 g/mol. The van der Waals surface area contributed by atoms with E-state index in [1.54, 1.807) is 0 Å². The largest absolute Gasteiger partial charge is 0.483 e. The molecule has 138 valence electrons. The van der Waals surface area contributed by atoms with E-state index in [-0.39, 0.29) is 25.0 Å². The summed E-state index contributed by atoms with van der Waals surface area (Å²) in [5.41, 5.74) is 1.65. The normalized spacial score (nSPS) is 10.4. The van der Waals surface area contributed by atoms with Crippen molar-refractivity contribution in [2.75, 3.05) is 18.5 Å². The minimum absolute atomic E-state index is 0.118. The van der Waals surface area contributed by atoms with Crippen molar-refractivity contribution in [2.45, 2.75) is 6.92 Å². The van der Waals surface area contributed by atoms with E-state index in [4.69, 9.17) is 4.74 Å². The molecule has 0 aliphatic carbocycles. The first-order valence-corrected chi connectivity index (χ1v) is 9.25. The van der Waals surface area contributed by atoms with Gasteiger partial charge in [-0.3, -0.25) is 9.59 Å². The molecule has 0 fully saturated rings. The van der Waals surface area contributed by atoms with E-state index in [0.717, 1.165) is 20.8 Å². The van der Waals surface area contributed by atoms with Crippen LogP contribution in [0.5, 0.6) is 5.75 Å². The fourth-order valence-electron chi connectivity index (χ4n) is 2.66. The maximum absolute atomic E-state index is 12.0. The second-order valence-electron chi connectivity index (χ2n) is 6.05. The molecule has 2 N–H and O–H groups in total. The fourth-order valence-corrected chi connectivity index (χ4v) is 3.13. The van der Waals surface area contributed by atoms with Gasteiger partial charge in [-0.1, -0.05) is 52.3 Å². The Morgan fingerprint density at radius 3 is 2.59 bits per heavy atom. The minimum Gasteiger partial charge on any atom is -0.483 e. The number of amides is 2. The van der Waals surface area contributed by atoms with Crippen LogP contribution < -0.4 is 15.4 Å². The number of halogens is 1. The summed E-state index contributed by atoms with van der Waals surface area (Å²) in [5, 5.41) is 7.32. The van der Waals surface area contributed by atoms with Crippen molar-refractivity contribution in [1.29, 1.82) is 0 Å². The molecular formula is C21H19BrN2O3. The molecule has 2 amide bonds. The van der Waals surface area contributed by atoms with E-state index in [2.05, 4.69) is 26.6 Å². The van der Waals surface area contributed by atoms with Crippen molar-refractivity contribution >= 4 is 44.2 Å². The molecule has 0 heterocycles. The van der Waals surface area contributed by atoms with Crippen LogP contribution in [0.3, 0.4) is 0 Å². The first-order valence-electron chi connectivity index (χ1n) is 8.46. The summed E-state index contributed by atoms with van der Waals surface area (Å²) in [6.45, 7) is 1.63. The fraction of sp³-hybridized carbons (Fsp3) is 0.143. The number of anilines is 1. The molecule has 3 rings (SSSR count). The van der Waals surface area contributed by atoms with Gasteiger partial charge in [0.05, 0.1) is 6.54 Å². The molecule has 0 aliphatic heterocycles. The predicted molar refractivity (Wildman–Crippen MR) is 110 cm³/mol. The van der Waals surface area contributed by atoms with Crippen molar-refractivity contribution in [2.24, 2.45) is 0 Å². The molecular weight excluding hydrogens is 408 g/mol. The quantitative estimate of drug-likeness (QED) is 0.624. The molecule has 0 aromatic heterocycles. The molecule has 0 radical (unpaired) electrons. The number of hydrogen-bond acceptors (Lipinski definition) is 3. The lowest BCUT2D eigenvalue weighted by atomic mass is 10.1. The monoisotopic (exact) mass is 426 g/mol. The number of ether oxygens (including phenoxy) is 1. The summed E-state index contributed by atoms with van der Waals surface area (Å²) in [6.07, 6.45) is 0.